The van der Waals surface area contributed by atoms with Gasteiger partial charge in [-0.2, -0.15) is 0 Å². The lowest BCUT2D eigenvalue weighted by Gasteiger charge is -2.14. The van der Waals surface area contributed by atoms with E-state index in [-0.39, 0.29) is 17.1 Å². The maximum Gasteiger partial charge on any atom is 0.254 e. The number of carbonyl (C=O) groups excluding carboxylic acids is 1. The minimum Gasteiger partial charge on any atom is -0.349 e. The molecule has 0 radical (unpaired) electrons. The molecule has 0 saturated heterocycles. The van der Waals surface area contributed by atoms with Crippen LogP contribution in [0.2, 0.25) is 10.2 Å². The van der Waals surface area contributed by atoms with Gasteiger partial charge in [0.25, 0.3) is 5.91 Å². The lowest BCUT2D eigenvalue weighted by atomic mass is 10.1. The van der Waals surface area contributed by atoms with E-state index in [2.05, 4.69) is 26.2 Å². The van der Waals surface area contributed by atoms with Gasteiger partial charge < -0.3 is 5.32 Å². The second-order valence-electron chi connectivity index (χ2n) is 4.70. The minimum atomic E-state index is -0.240. The molecule has 1 amide bonds. The van der Waals surface area contributed by atoms with Crippen LogP contribution in [0, 0.1) is 0 Å². The molecule has 2 rings (SSSR count). The molecule has 1 N–H and O–H groups in total. The van der Waals surface area contributed by atoms with Crippen molar-refractivity contribution < 1.29 is 4.79 Å². The van der Waals surface area contributed by atoms with Gasteiger partial charge in [-0.25, -0.2) is 4.98 Å². The van der Waals surface area contributed by atoms with E-state index in [4.69, 9.17) is 23.2 Å². The fourth-order valence-electron chi connectivity index (χ4n) is 1.91. The first-order valence-electron chi connectivity index (χ1n) is 6.32. The lowest BCUT2D eigenvalue weighted by Crippen LogP contribution is -2.34. The summed E-state index contributed by atoms with van der Waals surface area (Å²) >= 11 is 15.1. The maximum atomic E-state index is 12.2. The molecule has 3 nitrogen and oxygen atoms in total. The Morgan fingerprint density at radius 1 is 1.33 bits per heavy atom. The minimum absolute atomic E-state index is 0.0336. The molecule has 1 atom stereocenters. The van der Waals surface area contributed by atoms with Gasteiger partial charge in [-0.15, -0.1) is 0 Å². The molecular formula is C15H13BrCl2N2O. The second-order valence-corrected chi connectivity index (χ2v) is 6.41. The average molecular weight is 388 g/mol. The largest absolute Gasteiger partial charge is 0.349 e. The van der Waals surface area contributed by atoms with Crippen LogP contribution in [0.1, 0.15) is 22.8 Å². The first-order chi connectivity index (χ1) is 9.95. The van der Waals surface area contributed by atoms with E-state index in [0.717, 1.165) is 5.56 Å². The van der Waals surface area contributed by atoms with E-state index in [1.807, 2.05) is 31.2 Å². The SMILES string of the molecule is CC(Cc1ccc(Cl)cc1)NC(=O)c1cc(Br)cnc1Cl. The molecule has 0 spiro atoms. The van der Waals surface area contributed by atoms with Crippen LogP contribution in [-0.4, -0.2) is 16.9 Å². The molecule has 1 unspecified atom stereocenters. The topological polar surface area (TPSA) is 42.0 Å². The van der Waals surface area contributed by atoms with Crippen LogP contribution in [-0.2, 0) is 6.42 Å². The number of nitrogens with zero attached hydrogens (tertiary/aromatic N) is 1. The van der Waals surface area contributed by atoms with Gasteiger partial charge in [-0.05, 0) is 53.0 Å². The van der Waals surface area contributed by atoms with Crippen molar-refractivity contribution >= 4 is 45.0 Å². The molecule has 6 heteroatoms. The highest BCUT2D eigenvalue weighted by atomic mass is 79.9. The zero-order chi connectivity index (χ0) is 15.4. The highest BCUT2D eigenvalue weighted by molar-refractivity contribution is 9.10. The van der Waals surface area contributed by atoms with Crippen molar-refractivity contribution in [3.05, 3.63) is 62.3 Å². The Bertz CT molecular complexity index is 647. The lowest BCUT2D eigenvalue weighted by molar-refractivity contribution is 0.0940. The number of aromatic nitrogens is 1. The zero-order valence-electron chi connectivity index (χ0n) is 11.2. The zero-order valence-corrected chi connectivity index (χ0v) is 14.3. The Labute approximate surface area is 141 Å². The standard InChI is InChI=1S/C15H13BrCl2N2O/c1-9(6-10-2-4-12(17)5-3-10)20-15(21)13-7-11(16)8-19-14(13)18/h2-5,7-9H,6H2,1H3,(H,20,21). The highest BCUT2D eigenvalue weighted by Crippen LogP contribution is 2.18. The summed E-state index contributed by atoms with van der Waals surface area (Å²) in [6.07, 6.45) is 2.26. The third-order valence-electron chi connectivity index (χ3n) is 2.88. The van der Waals surface area contributed by atoms with Crippen LogP contribution in [0.25, 0.3) is 0 Å². The number of halogens is 3. The summed E-state index contributed by atoms with van der Waals surface area (Å²) in [5, 5.41) is 3.80. The van der Waals surface area contributed by atoms with Gasteiger partial charge in [0.15, 0.2) is 0 Å². The van der Waals surface area contributed by atoms with Gasteiger partial charge in [-0.1, -0.05) is 35.3 Å². The summed E-state index contributed by atoms with van der Waals surface area (Å²) in [4.78, 5) is 16.1. The van der Waals surface area contributed by atoms with Crippen LogP contribution in [0.15, 0.2) is 41.0 Å². The van der Waals surface area contributed by atoms with E-state index in [1.54, 1.807) is 12.3 Å². The number of carbonyl (C=O) groups is 1. The Kier molecular flexibility index (Phi) is 5.62. The summed E-state index contributed by atoms with van der Waals surface area (Å²) < 4.78 is 0.711. The van der Waals surface area contributed by atoms with Crippen LogP contribution in [0.4, 0.5) is 0 Å². The van der Waals surface area contributed by atoms with Crippen molar-refractivity contribution in [3.63, 3.8) is 0 Å². The van der Waals surface area contributed by atoms with Gasteiger partial charge in [0.1, 0.15) is 5.15 Å². The predicted octanol–water partition coefficient (Wildman–Crippen LogP) is 4.51. The number of hydrogen-bond acceptors (Lipinski definition) is 2. The fourth-order valence-corrected chi connectivity index (χ4v) is 2.55. The molecule has 1 heterocycles. The number of rotatable bonds is 4. The van der Waals surface area contributed by atoms with E-state index < -0.39 is 0 Å². The molecule has 0 aliphatic heterocycles. The van der Waals surface area contributed by atoms with Gasteiger partial charge in [-0.3, -0.25) is 4.79 Å². The first kappa shape index (κ1) is 16.3. The fraction of sp³-hybridized carbons (Fsp3) is 0.200. The summed E-state index contributed by atoms with van der Waals surface area (Å²) in [5.74, 6) is -0.240. The molecule has 0 aliphatic rings. The number of hydrogen-bond donors (Lipinski definition) is 1. The molecule has 110 valence electrons. The normalized spacial score (nSPS) is 12.0. The van der Waals surface area contributed by atoms with Crippen LogP contribution in [0.5, 0.6) is 0 Å². The number of benzene rings is 1. The Morgan fingerprint density at radius 3 is 2.67 bits per heavy atom. The third kappa shape index (κ3) is 4.70. The Balaban J connectivity index is 2.01. The first-order valence-corrected chi connectivity index (χ1v) is 7.87. The van der Waals surface area contributed by atoms with Crippen molar-refractivity contribution in [3.8, 4) is 0 Å². The van der Waals surface area contributed by atoms with Gasteiger partial charge in [0, 0.05) is 21.7 Å². The summed E-state index contributed by atoms with van der Waals surface area (Å²) in [5.41, 5.74) is 1.46. The van der Waals surface area contributed by atoms with E-state index in [0.29, 0.717) is 21.5 Å². The third-order valence-corrected chi connectivity index (χ3v) is 3.87. The van der Waals surface area contributed by atoms with Crippen molar-refractivity contribution in [2.24, 2.45) is 0 Å². The summed E-state index contributed by atoms with van der Waals surface area (Å²) in [6, 6.07) is 9.17. The smallest absolute Gasteiger partial charge is 0.254 e. The van der Waals surface area contributed by atoms with Crippen molar-refractivity contribution in [1.82, 2.24) is 10.3 Å². The van der Waals surface area contributed by atoms with Crippen LogP contribution < -0.4 is 5.32 Å². The van der Waals surface area contributed by atoms with Crippen molar-refractivity contribution in [2.75, 3.05) is 0 Å². The molecular weight excluding hydrogens is 375 g/mol. The molecule has 1 aromatic heterocycles. The maximum absolute atomic E-state index is 12.2. The quantitative estimate of drug-likeness (QED) is 0.784. The predicted molar refractivity (Wildman–Crippen MR) is 89.0 cm³/mol. The second kappa shape index (κ2) is 7.25. The number of nitrogens with one attached hydrogen (secondary N) is 1. The van der Waals surface area contributed by atoms with Gasteiger partial charge in [0.05, 0.1) is 5.56 Å². The monoisotopic (exact) mass is 386 g/mol. The molecule has 2 aromatic rings. The van der Waals surface area contributed by atoms with Gasteiger partial charge >= 0.3 is 0 Å². The van der Waals surface area contributed by atoms with Crippen LogP contribution in [0.3, 0.4) is 0 Å². The number of amides is 1. The molecule has 1 aromatic carbocycles. The van der Waals surface area contributed by atoms with Crippen molar-refractivity contribution in [2.45, 2.75) is 19.4 Å². The molecule has 0 fully saturated rings. The summed E-state index contributed by atoms with van der Waals surface area (Å²) in [6.45, 7) is 1.94. The Morgan fingerprint density at radius 2 is 2.00 bits per heavy atom. The summed E-state index contributed by atoms with van der Waals surface area (Å²) in [7, 11) is 0. The average Bonchev–Trinajstić information content (AvgIpc) is 2.44. The Hall–Kier alpha value is -1.10. The number of pyridine rings is 1. The van der Waals surface area contributed by atoms with E-state index in [1.165, 1.54) is 0 Å². The molecule has 0 bridgehead atoms. The highest BCUT2D eigenvalue weighted by Gasteiger charge is 2.14. The van der Waals surface area contributed by atoms with Gasteiger partial charge in [0.2, 0.25) is 0 Å². The van der Waals surface area contributed by atoms with E-state index >= 15 is 0 Å². The van der Waals surface area contributed by atoms with Crippen LogP contribution >= 0.6 is 39.1 Å². The molecule has 0 aliphatic carbocycles. The molecule has 21 heavy (non-hydrogen) atoms. The van der Waals surface area contributed by atoms with E-state index in [9.17, 15) is 4.79 Å². The van der Waals surface area contributed by atoms with Crippen molar-refractivity contribution in [1.29, 1.82) is 0 Å². The molecule has 0 saturated carbocycles.